The molecule has 1 aromatic heterocycles. The molecule has 35 heavy (non-hydrogen) atoms. The van der Waals surface area contributed by atoms with Gasteiger partial charge in [0, 0.05) is 55.3 Å². The highest BCUT2D eigenvalue weighted by molar-refractivity contribution is 9.10. The number of nitrogens with zero attached hydrogens (tertiary/aromatic N) is 5. The first-order valence-corrected chi connectivity index (χ1v) is 12.5. The molecule has 2 aromatic carbocycles. The van der Waals surface area contributed by atoms with Gasteiger partial charge in [-0.25, -0.2) is 9.18 Å². The molecule has 184 valence electrons. The normalized spacial score (nSPS) is 17.7. The fourth-order valence-corrected chi connectivity index (χ4v) is 5.30. The lowest BCUT2D eigenvalue weighted by Gasteiger charge is -2.42. The van der Waals surface area contributed by atoms with Crippen LogP contribution in [0.4, 0.5) is 9.18 Å². The number of piperidine rings is 1. The molecule has 2 aliphatic heterocycles. The molecular weight excluding hydrogens is 519 g/mol. The molecule has 0 atom stereocenters. The minimum absolute atomic E-state index is 0.0197. The SMILES string of the molecule is O=C(OCc1cc(F)cc(Br)c1)N1CCN(C2CCN(C(=O)c3ccc4n[nH]nc4c3)CC2)CC1. The Morgan fingerprint density at radius 2 is 1.71 bits per heavy atom. The Kier molecular flexibility index (Phi) is 6.96. The number of hydrogen-bond donors (Lipinski definition) is 1. The summed E-state index contributed by atoms with van der Waals surface area (Å²) in [6.07, 6.45) is 1.42. The van der Waals surface area contributed by atoms with Crippen LogP contribution >= 0.6 is 15.9 Å². The van der Waals surface area contributed by atoms with Gasteiger partial charge in [0.15, 0.2) is 0 Å². The van der Waals surface area contributed by atoms with Crippen LogP contribution in [-0.2, 0) is 11.3 Å². The van der Waals surface area contributed by atoms with Crippen LogP contribution in [0.2, 0.25) is 0 Å². The van der Waals surface area contributed by atoms with Gasteiger partial charge in [-0.2, -0.15) is 15.4 Å². The Bertz CT molecular complexity index is 1200. The fourth-order valence-electron chi connectivity index (χ4n) is 4.79. The summed E-state index contributed by atoms with van der Waals surface area (Å²) in [4.78, 5) is 31.4. The monoisotopic (exact) mass is 544 g/mol. The van der Waals surface area contributed by atoms with Gasteiger partial charge < -0.3 is 14.5 Å². The van der Waals surface area contributed by atoms with Crippen LogP contribution in [-0.4, -0.2) is 87.4 Å². The minimum atomic E-state index is -0.380. The number of nitrogens with one attached hydrogen (secondary N) is 1. The molecule has 0 spiro atoms. The van der Waals surface area contributed by atoms with Gasteiger partial charge in [0.25, 0.3) is 5.91 Å². The van der Waals surface area contributed by atoms with E-state index in [0.717, 1.165) is 31.4 Å². The molecule has 3 heterocycles. The second kappa shape index (κ2) is 10.3. The van der Waals surface area contributed by atoms with E-state index in [0.29, 0.717) is 53.3 Å². The topological polar surface area (TPSA) is 94.7 Å². The van der Waals surface area contributed by atoms with Gasteiger partial charge in [0.1, 0.15) is 23.5 Å². The average Bonchev–Trinajstić information content (AvgIpc) is 3.34. The highest BCUT2D eigenvalue weighted by atomic mass is 79.9. The molecule has 2 amide bonds. The second-order valence-electron chi connectivity index (χ2n) is 8.91. The molecule has 0 aliphatic carbocycles. The van der Waals surface area contributed by atoms with E-state index in [2.05, 4.69) is 36.2 Å². The van der Waals surface area contributed by atoms with Crippen LogP contribution in [0.15, 0.2) is 40.9 Å². The van der Waals surface area contributed by atoms with Gasteiger partial charge in [-0.05, 0) is 54.8 Å². The molecule has 2 saturated heterocycles. The van der Waals surface area contributed by atoms with E-state index in [1.54, 1.807) is 29.2 Å². The van der Waals surface area contributed by atoms with Gasteiger partial charge in [0.05, 0.1) is 0 Å². The van der Waals surface area contributed by atoms with E-state index in [4.69, 9.17) is 4.74 Å². The highest BCUT2D eigenvalue weighted by Crippen LogP contribution is 2.22. The summed E-state index contributed by atoms with van der Waals surface area (Å²) in [5.74, 6) is -0.353. The van der Waals surface area contributed by atoms with E-state index in [1.165, 1.54) is 12.1 Å². The molecule has 0 bridgehead atoms. The van der Waals surface area contributed by atoms with Crippen molar-refractivity contribution in [1.82, 2.24) is 30.1 Å². The van der Waals surface area contributed by atoms with Crippen molar-refractivity contribution in [3.8, 4) is 0 Å². The molecule has 0 radical (unpaired) electrons. The zero-order chi connectivity index (χ0) is 24.4. The predicted octanol–water partition coefficient (Wildman–Crippen LogP) is 3.42. The summed E-state index contributed by atoms with van der Waals surface area (Å²) in [5.41, 5.74) is 2.66. The Labute approximate surface area is 210 Å². The van der Waals surface area contributed by atoms with Gasteiger partial charge >= 0.3 is 6.09 Å². The zero-order valence-electron chi connectivity index (χ0n) is 19.1. The average molecular weight is 545 g/mol. The molecule has 11 heteroatoms. The van der Waals surface area contributed by atoms with Crippen LogP contribution < -0.4 is 0 Å². The third-order valence-corrected chi connectivity index (χ3v) is 7.15. The van der Waals surface area contributed by atoms with Crippen molar-refractivity contribution in [1.29, 1.82) is 0 Å². The molecule has 2 fully saturated rings. The van der Waals surface area contributed by atoms with Crippen molar-refractivity contribution in [2.45, 2.75) is 25.5 Å². The number of rotatable bonds is 4. The van der Waals surface area contributed by atoms with Crippen molar-refractivity contribution in [3.63, 3.8) is 0 Å². The number of amides is 2. The summed E-state index contributed by atoms with van der Waals surface area (Å²) in [7, 11) is 0. The number of hydrogen-bond acceptors (Lipinski definition) is 6. The number of fused-ring (bicyclic) bond motifs is 1. The van der Waals surface area contributed by atoms with Gasteiger partial charge in [0.2, 0.25) is 0 Å². The van der Waals surface area contributed by atoms with E-state index < -0.39 is 0 Å². The Morgan fingerprint density at radius 3 is 2.46 bits per heavy atom. The number of H-pyrrole nitrogens is 1. The molecule has 2 aliphatic rings. The van der Waals surface area contributed by atoms with Gasteiger partial charge in [-0.1, -0.05) is 15.9 Å². The third-order valence-electron chi connectivity index (χ3n) is 6.69. The molecular formula is C24H26BrFN6O3. The number of piperazine rings is 1. The first-order valence-electron chi connectivity index (χ1n) is 11.7. The minimum Gasteiger partial charge on any atom is -0.445 e. The van der Waals surface area contributed by atoms with Gasteiger partial charge in [-0.3, -0.25) is 9.69 Å². The number of ether oxygens (including phenoxy) is 1. The van der Waals surface area contributed by atoms with E-state index in [9.17, 15) is 14.0 Å². The van der Waals surface area contributed by atoms with Crippen molar-refractivity contribution in [3.05, 3.63) is 57.8 Å². The van der Waals surface area contributed by atoms with Crippen molar-refractivity contribution < 1.29 is 18.7 Å². The van der Waals surface area contributed by atoms with E-state index >= 15 is 0 Å². The number of likely N-dealkylation sites (tertiary alicyclic amines) is 1. The molecule has 3 aromatic rings. The standard InChI is InChI=1S/C24H26BrFN6O3/c25-18-11-16(12-19(26)14-18)15-35-24(34)32-9-7-30(8-10-32)20-3-5-31(6-4-20)23(33)17-1-2-21-22(13-17)28-29-27-21/h1-2,11-14,20H,3-10,15H2,(H,27,28,29). The zero-order valence-corrected chi connectivity index (χ0v) is 20.7. The Hall–Kier alpha value is -3.05. The number of halogens is 2. The number of benzene rings is 2. The summed E-state index contributed by atoms with van der Waals surface area (Å²) in [6.45, 7) is 4.14. The van der Waals surface area contributed by atoms with Crippen molar-refractivity contribution in [2.75, 3.05) is 39.3 Å². The van der Waals surface area contributed by atoms with Crippen molar-refractivity contribution >= 4 is 39.0 Å². The second-order valence-corrected chi connectivity index (χ2v) is 9.82. The largest absolute Gasteiger partial charge is 0.445 e. The maximum atomic E-state index is 13.5. The quantitative estimate of drug-likeness (QED) is 0.540. The molecule has 9 nitrogen and oxygen atoms in total. The van der Waals surface area contributed by atoms with Crippen LogP contribution in [0.25, 0.3) is 11.0 Å². The lowest BCUT2D eigenvalue weighted by Crippen LogP contribution is -2.54. The van der Waals surface area contributed by atoms with Crippen LogP contribution in [0.5, 0.6) is 0 Å². The number of aromatic nitrogens is 3. The Balaban J connectivity index is 1.07. The summed E-state index contributed by atoms with van der Waals surface area (Å²) < 4.78 is 19.5. The summed E-state index contributed by atoms with van der Waals surface area (Å²) in [6, 6.07) is 10.2. The maximum absolute atomic E-state index is 13.5. The van der Waals surface area contributed by atoms with Crippen LogP contribution in [0.1, 0.15) is 28.8 Å². The van der Waals surface area contributed by atoms with Crippen molar-refractivity contribution in [2.24, 2.45) is 0 Å². The number of aromatic amines is 1. The lowest BCUT2D eigenvalue weighted by molar-refractivity contribution is 0.0394. The number of carbonyl (C=O) groups excluding carboxylic acids is 2. The number of carbonyl (C=O) groups is 2. The first kappa shape index (κ1) is 23.7. The van der Waals surface area contributed by atoms with E-state index in [1.807, 2.05) is 4.90 Å². The molecule has 5 rings (SSSR count). The maximum Gasteiger partial charge on any atom is 0.410 e. The van der Waals surface area contributed by atoms with E-state index in [-0.39, 0.29) is 24.4 Å². The molecule has 1 N–H and O–H groups in total. The lowest BCUT2D eigenvalue weighted by atomic mass is 10.0. The smallest absolute Gasteiger partial charge is 0.410 e. The molecule has 0 unspecified atom stereocenters. The predicted molar refractivity (Wildman–Crippen MR) is 130 cm³/mol. The highest BCUT2D eigenvalue weighted by Gasteiger charge is 2.31. The third kappa shape index (κ3) is 5.46. The van der Waals surface area contributed by atoms with Crippen LogP contribution in [0, 0.1) is 5.82 Å². The summed E-state index contributed by atoms with van der Waals surface area (Å²) in [5, 5.41) is 10.7. The fraction of sp³-hybridized carbons (Fsp3) is 0.417. The summed E-state index contributed by atoms with van der Waals surface area (Å²) >= 11 is 3.25. The Morgan fingerprint density at radius 1 is 0.971 bits per heavy atom. The van der Waals surface area contributed by atoms with Crippen LogP contribution in [0.3, 0.4) is 0 Å². The first-order chi connectivity index (χ1) is 17.0. The molecule has 0 saturated carbocycles. The van der Waals surface area contributed by atoms with Gasteiger partial charge in [-0.15, -0.1) is 0 Å².